The Bertz CT molecular complexity index is 1010. The average Bonchev–Trinajstić information content (AvgIpc) is 3.12. The van der Waals surface area contributed by atoms with E-state index in [9.17, 15) is 9.50 Å². The minimum absolute atomic E-state index is 0.129. The first-order valence-electron chi connectivity index (χ1n) is 8.66. The number of nitrogens with one attached hydrogen (secondary N) is 1. The van der Waals surface area contributed by atoms with Gasteiger partial charge in [-0.25, -0.2) is 4.39 Å². The molecule has 5 rings (SSSR count). The zero-order valence-electron chi connectivity index (χ0n) is 13.6. The van der Waals surface area contributed by atoms with E-state index >= 15 is 0 Å². The summed E-state index contributed by atoms with van der Waals surface area (Å²) >= 11 is 0. The van der Waals surface area contributed by atoms with E-state index in [1.54, 1.807) is 12.1 Å². The van der Waals surface area contributed by atoms with Gasteiger partial charge in [0.2, 0.25) is 0 Å². The molecule has 2 aliphatic rings. The molecule has 0 fully saturated rings. The summed E-state index contributed by atoms with van der Waals surface area (Å²) in [7, 11) is 0. The van der Waals surface area contributed by atoms with Crippen LogP contribution in [0.4, 0.5) is 10.1 Å². The Kier molecular flexibility index (Phi) is 3.11. The van der Waals surface area contributed by atoms with Gasteiger partial charge >= 0.3 is 0 Å². The molecule has 0 saturated heterocycles. The van der Waals surface area contributed by atoms with Crippen molar-refractivity contribution in [1.82, 2.24) is 0 Å². The molecule has 25 heavy (non-hydrogen) atoms. The van der Waals surface area contributed by atoms with Crippen LogP contribution in [-0.2, 0) is 0 Å². The summed E-state index contributed by atoms with van der Waals surface area (Å²) in [5.41, 5.74) is 2.44. The highest BCUT2D eigenvalue weighted by Gasteiger charge is 2.40. The second-order valence-electron chi connectivity index (χ2n) is 6.90. The maximum absolute atomic E-state index is 14.5. The molecule has 3 aromatic rings. The van der Waals surface area contributed by atoms with Crippen LogP contribution in [0.2, 0.25) is 0 Å². The quantitative estimate of drug-likeness (QED) is 0.576. The van der Waals surface area contributed by atoms with Gasteiger partial charge in [-0.15, -0.1) is 0 Å². The normalized spacial score (nSPS) is 24.0. The molecule has 1 aliphatic heterocycles. The van der Waals surface area contributed by atoms with E-state index in [1.807, 2.05) is 36.4 Å². The van der Waals surface area contributed by atoms with E-state index < -0.39 is 0 Å². The second kappa shape index (κ2) is 5.35. The van der Waals surface area contributed by atoms with Crippen LogP contribution in [0.25, 0.3) is 10.8 Å². The van der Waals surface area contributed by atoms with Crippen molar-refractivity contribution >= 4 is 16.5 Å². The number of para-hydroxylation sites is 1. The SMILES string of the molecule is Oc1ccc2ccccc2c1C1Nc2c(F)cccc2C2C=CCC21. The van der Waals surface area contributed by atoms with Crippen LogP contribution >= 0.6 is 0 Å². The van der Waals surface area contributed by atoms with E-state index in [2.05, 4.69) is 17.5 Å². The molecule has 0 spiro atoms. The van der Waals surface area contributed by atoms with Gasteiger partial charge in [0.15, 0.2) is 0 Å². The van der Waals surface area contributed by atoms with Crippen molar-refractivity contribution in [2.24, 2.45) is 5.92 Å². The number of allylic oxidation sites excluding steroid dienone is 2. The van der Waals surface area contributed by atoms with Crippen molar-refractivity contribution in [2.45, 2.75) is 18.4 Å². The number of aromatic hydroxyl groups is 1. The van der Waals surface area contributed by atoms with Gasteiger partial charge in [0, 0.05) is 11.5 Å². The molecule has 2 N–H and O–H groups in total. The number of phenols is 1. The zero-order valence-corrected chi connectivity index (χ0v) is 13.6. The average molecular weight is 331 g/mol. The highest BCUT2D eigenvalue weighted by Crippen LogP contribution is 2.52. The van der Waals surface area contributed by atoms with E-state index in [0.717, 1.165) is 28.3 Å². The molecule has 0 radical (unpaired) electrons. The predicted octanol–water partition coefficient (Wildman–Crippen LogP) is 5.51. The Labute approximate surface area is 145 Å². The fraction of sp³-hybridized carbons (Fsp3) is 0.182. The van der Waals surface area contributed by atoms with Gasteiger partial charge in [-0.1, -0.05) is 54.6 Å². The lowest BCUT2D eigenvalue weighted by molar-refractivity contribution is 0.401. The number of hydrogen-bond donors (Lipinski definition) is 2. The van der Waals surface area contributed by atoms with Crippen LogP contribution in [-0.4, -0.2) is 5.11 Å². The Hall–Kier alpha value is -2.81. The summed E-state index contributed by atoms with van der Waals surface area (Å²) in [6.45, 7) is 0. The smallest absolute Gasteiger partial charge is 0.146 e. The maximum Gasteiger partial charge on any atom is 0.146 e. The minimum atomic E-state index is -0.235. The summed E-state index contributed by atoms with van der Waals surface area (Å²) in [4.78, 5) is 0. The molecule has 3 atom stereocenters. The van der Waals surface area contributed by atoms with Crippen molar-refractivity contribution in [1.29, 1.82) is 0 Å². The number of halogens is 1. The monoisotopic (exact) mass is 331 g/mol. The van der Waals surface area contributed by atoms with E-state index in [1.165, 1.54) is 6.07 Å². The van der Waals surface area contributed by atoms with Gasteiger partial charge in [-0.3, -0.25) is 0 Å². The highest BCUT2D eigenvalue weighted by atomic mass is 19.1. The molecule has 0 amide bonds. The number of benzene rings is 3. The van der Waals surface area contributed by atoms with Crippen LogP contribution in [0.3, 0.4) is 0 Å². The Morgan fingerprint density at radius 2 is 1.88 bits per heavy atom. The third kappa shape index (κ3) is 2.08. The largest absolute Gasteiger partial charge is 0.508 e. The third-order valence-corrected chi connectivity index (χ3v) is 5.60. The molecule has 0 saturated carbocycles. The molecule has 1 aliphatic carbocycles. The standard InChI is InChI=1S/C22H18FNO/c23-18-10-4-9-16-15-7-3-8-17(15)22(24-21(16)18)20-14-6-2-1-5-13(14)11-12-19(20)25/h1-7,9-12,15,17,22,24-25H,8H2. The van der Waals surface area contributed by atoms with Crippen LogP contribution in [0.1, 0.15) is 29.5 Å². The number of hydrogen-bond acceptors (Lipinski definition) is 2. The number of rotatable bonds is 1. The van der Waals surface area contributed by atoms with Gasteiger partial charge in [-0.05, 0) is 40.8 Å². The summed E-state index contributed by atoms with van der Waals surface area (Å²) in [6.07, 6.45) is 5.27. The van der Waals surface area contributed by atoms with E-state index in [0.29, 0.717) is 5.69 Å². The third-order valence-electron chi connectivity index (χ3n) is 5.60. The van der Waals surface area contributed by atoms with Crippen molar-refractivity contribution in [3.05, 3.63) is 83.7 Å². The summed E-state index contributed by atoms with van der Waals surface area (Å²) in [5.74, 6) is 0.476. The lowest BCUT2D eigenvalue weighted by atomic mass is 9.76. The predicted molar refractivity (Wildman–Crippen MR) is 98.4 cm³/mol. The van der Waals surface area contributed by atoms with E-state index in [-0.39, 0.29) is 29.4 Å². The maximum atomic E-state index is 14.5. The topological polar surface area (TPSA) is 32.3 Å². The van der Waals surface area contributed by atoms with Crippen LogP contribution < -0.4 is 5.32 Å². The van der Waals surface area contributed by atoms with Crippen molar-refractivity contribution in [3.63, 3.8) is 0 Å². The first-order chi connectivity index (χ1) is 12.2. The first-order valence-corrected chi connectivity index (χ1v) is 8.66. The van der Waals surface area contributed by atoms with Gasteiger partial charge in [0.05, 0.1) is 11.7 Å². The molecule has 0 aromatic heterocycles. The van der Waals surface area contributed by atoms with E-state index in [4.69, 9.17) is 0 Å². The molecule has 1 heterocycles. The minimum Gasteiger partial charge on any atom is -0.508 e. The molecular formula is C22H18FNO. The number of anilines is 1. The first kappa shape index (κ1) is 14.5. The van der Waals surface area contributed by atoms with Crippen molar-refractivity contribution < 1.29 is 9.50 Å². The zero-order chi connectivity index (χ0) is 17.0. The van der Waals surface area contributed by atoms with Gasteiger partial charge in [0.25, 0.3) is 0 Å². The molecule has 124 valence electrons. The van der Waals surface area contributed by atoms with Crippen LogP contribution in [0.5, 0.6) is 5.75 Å². The Morgan fingerprint density at radius 1 is 1.00 bits per heavy atom. The number of phenolic OH excluding ortho intramolecular Hbond substituents is 1. The van der Waals surface area contributed by atoms with Crippen molar-refractivity contribution in [2.75, 3.05) is 5.32 Å². The fourth-order valence-corrected chi connectivity index (χ4v) is 4.48. The summed E-state index contributed by atoms with van der Waals surface area (Å²) in [6, 6.07) is 16.8. The Balaban J connectivity index is 1.74. The number of fused-ring (bicyclic) bond motifs is 4. The molecular weight excluding hydrogens is 313 g/mol. The highest BCUT2D eigenvalue weighted by molar-refractivity contribution is 5.89. The van der Waals surface area contributed by atoms with Gasteiger partial charge in [-0.2, -0.15) is 0 Å². The summed E-state index contributed by atoms with van der Waals surface area (Å²) in [5, 5.41) is 16.2. The van der Waals surface area contributed by atoms with Crippen LogP contribution in [0, 0.1) is 11.7 Å². The lowest BCUT2D eigenvalue weighted by Gasteiger charge is -2.38. The molecule has 0 bridgehead atoms. The Morgan fingerprint density at radius 3 is 2.80 bits per heavy atom. The lowest BCUT2D eigenvalue weighted by Crippen LogP contribution is -2.30. The molecule has 3 unspecified atom stereocenters. The molecule has 3 aromatic carbocycles. The molecule has 3 heteroatoms. The summed E-state index contributed by atoms with van der Waals surface area (Å²) < 4.78 is 14.5. The molecule has 2 nitrogen and oxygen atoms in total. The van der Waals surface area contributed by atoms with Gasteiger partial charge in [0.1, 0.15) is 11.6 Å². The van der Waals surface area contributed by atoms with Crippen molar-refractivity contribution in [3.8, 4) is 5.75 Å². The van der Waals surface area contributed by atoms with Gasteiger partial charge < -0.3 is 10.4 Å². The van der Waals surface area contributed by atoms with Crippen LogP contribution in [0.15, 0.2) is 66.7 Å². The fourth-order valence-electron chi connectivity index (χ4n) is 4.48. The second-order valence-corrected chi connectivity index (χ2v) is 6.90.